The van der Waals surface area contributed by atoms with Gasteiger partial charge in [-0.05, 0) is 30.7 Å². The van der Waals surface area contributed by atoms with Gasteiger partial charge < -0.3 is 4.90 Å². The predicted octanol–water partition coefficient (Wildman–Crippen LogP) is 3.88. The number of hydrogen-bond acceptors (Lipinski definition) is 1. The predicted molar refractivity (Wildman–Crippen MR) is 83.1 cm³/mol. The molecule has 0 aromatic heterocycles. The minimum Gasteiger partial charge on any atom is -0.341 e. The van der Waals surface area contributed by atoms with Gasteiger partial charge in [-0.25, -0.2) is 0 Å². The van der Waals surface area contributed by atoms with Crippen LogP contribution in [0, 0.1) is 17.3 Å². The first-order chi connectivity index (χ1) is 9.34. The van der Waals surface area contributed by atoms with E-state index in [0.717, 1.165) is 0 Å². The molecule has 1 fully saturated rings. The van der Waals surface area contributed by atoms with Gasteiger partial charge >= 0.3 is 0 Å². The number of carbonyl (C=O) groups excluding carboxylic acids is 1. The molecule has 0 aliphatic heterocycles. The summed E-state index contributed by atoms with van der Waals surface area (Å²) >= 11 is 0. The highest BCUT2D eigenvalue weighted by atomic mass is 16.2. The fourth-order valence-corrected chi connectivity index (χ4v) is 2.99. The topological polar surface area (TPSA) is 20.3 Å². The van der Waals surface area contributed by atoms with Crippen molar-refractivity contribution in [2.45, 2.75) is 34.2 Å². The zero-order valence-corrected chi connectivity index (χ0v) is 13.2. The van der Waals surface area contributed by atoms with E-state index in [4.69, 9.17) is 0 Å². The van der Waals surface area contributed by atoms with E-state index in [1.165, 1.54) is 11.1 Å². The highest BCUT2D eigenvalue weighted by Gasteiger charge is 2.60. The second kappa shape index (κ2) is 5.43. The quantitative estimate of drug-likeness (QED) is 0.761. The lowest BCUT2D eigenvalue weighted by Crippen LogP contribution is -2.29. The molecule has 0 bridgehead atoms. The Labute approximate surface area is 122 Å². The van der Waals surface area contributed by atoms with Gasteiger partial charge in [-0.1, -0.05) is 55.8 Å². The third-order valence-corrected chi connectivity index (χ3v) is 4.33. The Kier molecular flexibility index (Phi) is 4.03. The number of rotatable bonds is 4. The van der Waals surface area contributed by atoms with Crippen LogP contribution in [0.3, 0.4) is 0 Å². The molecule has 0 radical (unpaired) electrons. The molecule has 2 nitrogen and oxygen atoms in total. The molecule has 1 aromatic carbocycles. The summed E-state index contributed by atoms with van der Waals surface area (Å²) in [4.78, 5) is 14.5. The largest absolute Gasteiger partial charge is 0.341 e. The van der Waals surface area contributed by atoms with Crippen molar-refractivity contribution in [3.05, 3.63) is 47.5 Å². The van der Waals surface area contributed by atoms with Gasteiger partial charge in [0.2, 0.25) is 5.91 Å². The van der Waals surface area contributed by atoms with Crippen LogP contribution in [0.2, 0.25) is 0 Å². The molecule has 1 aliphatic rings. The molecular formula is C18H25NO. The molecule has 0 N–H and O–H groups in total. The number of benzene rings is 1. The third-order valence-electron chi connectivity index (χ3n) is 4.33. The van der Waals surface area contributed by atoms with Gasteiger partial charge in [0.1, 0.15) is 0 Å². The lowest BCUT2D eigenvalue weighted by Gasteiger charge is -2.18. The minimum atomic E-state index is 0.0965. The molecule has 1 aromatic rings. The fraction of sp³-hybridized carbons (Fsp3) is 0.500. The van der Waals surface area contributed by atoms with Crippen molar-refractivity contribution in [2.75, 3.05) is 7.05 Å². The first-order valence-electron chi connectivity index (χ1n) is 7.28. The van der Waals surface area contributed by atoms with Crippen LogP contribution in [0.4, 0.5) is 0 Å². The Morgan fingerprint density at radius 3 is 2.40 bits per heavy atom. The molecule has 108 valence electrons. The Hall–Kier alpha value is -1.57. The van der Waals surface area contributed by atoms with E-state index in [2.05, 4.69) is 45.9 Å². The van der Waals surface area contributed by atoms with E-state index >= 15 is 0 Å². The van der Waals surface area contributed by atoms with Crippen molar-refractivity contribution in [3.8, 4) is 0 Å². The van der Waals surface area contributed by atoms with E-state index in [-0.39, 0.29) is 17.2 Å². The van der Waals surface area contributed by atoms with Crippen molar-refractivity contribution >= 4 is 5.91 Å². The normalized spacial score (nSPS) is 23.1. The van der Waals surface area contributed by atoms with Gasteiger partial charge in [-0.2, -0.15) is 0 Å². The van der Waals surface area contributed by atoms with E-state index < -0.39 is 0 Å². The molecule has 1 saturated carbocycles. The number of nitrogens with zero attached hydrogens (tertiary/aromatic N) is 1. The van der Waals surface area contributed by atoms with Gasteiger partial charge in [0.05, 0.1) is 5.92 Å². The van der Waals surface area contributed by atoms with Crippen molar-refractivity contribution in [1.29, 1.82) is 0 Å². The maximum atomic E-state index is 12.6. The van der Waals surface area contributed by atoms with Crippen LogP contribution in [0.25, 0.3) is 0 Å². The standard InChI is InChI=1S/C18H25NO/c1-13(2)11-15-16(18(15,3)4)17(20)19(5)12-14-9-7-6-8-10-14/h6-11,15-16H,12H2,1-5H3/t15-,16-/m1/s1. The molecule has 0 spiro atoms. The molecule has 20 heavy (non-hydrogen) atoms. The minimum absolute atomic E-state index is 0.0965. The second-order valence-corrected chi connectivity index (χ2v) is 6.75. The van der Waals surface area contributed by atoms with Crippen LogP contribution in [0.5, 0.6) is 0 Å². The molecular weight excluding hydrogens is 246 g/mol. The van der Waals surface area contributed by atoms with E-state index in [1.807, 2.05) is 30.1 Å². The number of hydrogen-bond donors (Lipinski definition) is 0. The van der Waals surface area contributed by atoms with E-state index in [9.17, 15) is 4.79 Å². The number of allylic oxidation sites excluding steroid dienone is 2. The van der Waals surface area contributed by atoms with Crippen molar-refractivity contribution in [2.24, 2.45) is 17.3 Å². The van der Waals surface area contributed by atoms with Gasteiger partial charge in [0.25, 0.3) is 0 Å². The first-order valence-corrected chi connectivity index (χ1v) is 7.28. The van der Waals surface area contributed by atoms with Gasteiger partial charge in [-0.3, -0.25) is 4.79 Å². The summed E-state index contributed by atoms with van der Waals surface area (Å²) in [5.41, 5.74) is 2.57. The van der Waals surface area contributed by atoms with Gasteiger partial charge in [0, 0.05) is 13.6 Å². The Morgan fingerprint density at radius 2 is 1.85 bits per heavy atom. The van der Waals surface area contributed by atoms with Crippen LogP contribution in [-0.4, -0.2) is 17.9 Å². The smallest absolute Gasteiger partial charge is 0.226 e. The zero-order valence-electron chi connectivity index (χ0n) is 13.2. The lowest BCUT2D eigenvalue weighted by atomic mass is 10.1. The molecule has 2 rings (SSSR count). The summed E-state index contributed by atoms with van der Waals surface area (Å²) in [5.74, 6) is 0.783. The Balaban J connectivity index is 2.03. The number of carbonyl (C=O) groups is 1. The SMILES string of the molecule is CC(C)=C[C@@H]1[C@H](C(=O)N(C)Cc2ccccc2)C1(C)C. The molecule has 1 aliphatic carbocycles. The summed E-state index contributed by atoms with van der Waals surface area (Å²) in [7, 11) is 1.91. The average molecular weight is 271 g/mol. The van der Waals surface area contributed by atoms with Crippen LogP contribution in [0.1, 0.15) is 33.3 Å². The second-order valence-electron chi connectivity index (χ2n) is 6.75. The lowest BCUT2D eigenvalue weighted by molar-refractivity contribution is -0.132. The van der Waals surface area contributed by atoms with Gasteiger partial charge in [0.15, 0.2) is 0 Å². The van der Waals surface area contributed by atoms with Crippen LogP contribution >= 0.6 is 0 Å². The monoisotopic (exact) mass is 271 g/mol. The summed E-state index contributed by atoms with van der Waals surface area (Å²) in [6, 6.07) is 10.2. The van der Waals surface area contributed by atoms with Crippen molar-refractivity contribution < 1.29 is 4.79 Å². The maximum Gasteiger partial charge on any atom is 0.226 e. The molecule has 2 heteroatoms. The highest BCUT2D eigenvalue weighted by Crippen LogP contribution is 2.60. The van der Waals surface area contributed by atoms with E-state index in [0.29, 0.717) is 12.5 Å². The first kappa shape index (κ1) is 14.8. The third kappa shape index (κ3) is 2.95. The molecule has 1 amide bonds. The summed E-state index contributed by atoms with van der Waals surface area (Å²) < 4.78 is 0. The number of amides is 1. The molecule has 0 saturated heterocycles. The Morgan fingerprint density at radius 1 is 1.25 bits per heavy atom. The van der Waals surface area contributed by atoms with Crippen molar-refractivity contribution in [1.82, 2.24) is 4.90 Å². The average Bonchev–Trinajstić information content (AvgIpc) is 2.90. The van der Waals surface area contributed by atoms with Gasteiger partial charge in [-0.15, -0.1) is 0 Å². The summed E-state index contributed by atoms with van der Waals surface area (Å²) in [6.07, 6.45) is 2.25. The maximum absolute atomic E-state index is 12.6. The van der Waals surface area contributed by atoms with E-state index in [1.54, 1.807) is 0 Å². The Bertz CT molecular complexity index is 511. The molecule has 2 atom stereocenters. The van der Waals surface area contributed by atoms with Crippen LogP contribution in [-0.2, 0) is 11.3 Å². The fourth-order valence-electron chi connectivity index (χ4n) is 2.99. The van der Waals surface area contributed by atoms with Crippen molar-refractivity contribution in [3.63, 3.8) is 0 Å². The summed E-state index contributed by atoms with van der Waals surface area (Å²) in [5, 5.41) is 0. The molecule has 0 unspecified atom stereocenters. The molecule has 0 heterocycles. The highest BCUT2D eigenvalue weighted by molar-refractivity contribution is 5.83. The van der Waals surface area contributed by atoms with Crippen LogP contribution in [0.15, 0.2) is 42.0 Å². The van der Waals surface area contributed by atoms with Crippen LogP contribution < -0.4 is 0 Å². The summed E-state index contributed by atoms with van der Waals surface area (Å²) in [6.45, 7) is 9.27. The zero-order chi connectivity index (χ0) is 14.9.